The number of aromatic nitrogens is 5. The molecule has 118 valence electrons. The van der Waals surface area contributed by atoms with Gasteiger partial charge < -0.3 is 4.74 Å². The number of ether oxygens (including phenoxy) is 1. The Morgan fingerprint density at radius 1 is 1.36 bits per heavy atom. The lowest BCUT2D eigenvalue weighted by Crippen LogP contribution is -2.47. The maximum absolute atomic E-state index is 5.96. The van der Waals surface area contributed by atoms with E-state index in [-0.39, 0.29) is 12.1 Å². The zero-order valence-corrected chi connectivity index (χ0v) is 13.1. The van der Waals surface area contributed by atoms with Crippen LogP contribution in [0.3, 0.4) is 0 Å². The normalized spacial score (nSPS) is 25.2. The number of rotatable bonds is 3. The largest absolute Gasteiger partial charge is 0.370 e. The molecule has 0 saturated carbocycles. The predicted octanol–water partition coefficient (Wildman–Crippen LogP) is 1.40. The third-order valence-electron chi connectivity index (χ3n) is 4.60. The monoisotopic (exact) mass is 302 g/mol. The molecule has 7 heteroatoms. The van der Waals surface area contributed by atoms with Crippen molar-refractivity contribution in [1.29, 1.82) is 0 Å². The molecule has 2 aromatic rings. The van der Waals surface area contributed by atoms with Crippen molar-refractivity contribution in [3.05, 3.63) is 29.8 Å². The average molecular weight is 302 g/mol. The molecule has 4 rings (SSSR count). The van der Waals surface area contributed by atoms with Crippen LogP contribution in [0.2, 0.25) is 0 Å². The third kappa shape index (κ3) is 2.44. The molecule has 0 aromatic carbocycles. The Hall–Kier alpha value is -1.73. The highest BCUT2D eigenvalue weighted by Gasteiger charge is 2.36. The Bertz CT molecular complexity index is 648. The van der Waals surface area contributed by atoms with Crippen molar-refractivity contribution >= 4 is 0 Å². The summed E-state index contributed by atoms with van der Waals surface area (Å²) in [6, 6.07) is 0.684. The number of hydrogen-bond donors (Lipinski definition) is 0. The lowest BCUT2D eigenvalue weighted by molar-refractivity contribution is -0.0669. The molecule has 0 bridgehead atoms. The van der Waals surface area contributed by atoms with E-state index in [0.717, 1.165) is 31.7 Å². The Kier molecular flexibility index (Phi) is 3.46. The third-order valence-corrected chi connectivity index (χ3v) is 4.60. The second kappa shape index (κ2) is 5.48. The van der Waals surface area contributed by atoms with E-state index in [0.29, 0.717) is 12.6 Å². The molecule has 0 aliphatic carbocycles. The summed E-state index contributed by atoms with van der Waals surface area (Å²) in [4.78, 5) is 2.46. The van der Waals surface area contributed by atoms with E-state index in [1.165, 1.54) is 5.56 Å². The number of likely N-dealkylation sites (tertiary alicyclic amines) is 1. The molecule has 22 heavy (non-hydrogen) atoms. The minimum atomic E-state index is 0.267. The molecule has 0 spiro atoms. The Labute approximate surface area is 129 Å². The average Bonchev–Trinajstić information content (AvgIpc) is 3.15. The van der Waals surface area contributed by atoms with Crippen molar-refractivity contribution in [1.82, 2.24) is 29.7 Å². The summed E-state index contributed by atoms with van der Waals surface area (Å²) in [6.45, 7) is 7.86. The van der Waals surface area contributed by atoms with Crippen LogP contribution in [0.4, 0.5) is 0 Å². The van der Waals surface area contributed by atoms with Gasteiger partial charge in [-0.1, -0.05) is 5.21 Å². The lowest BCUT2D eigenvalue weighted by atomic mass is 10.00. The molecule has 0 amide bonds. The molecule has 2 aliphatic rings. The number of piperidine rings is 1. The molecule has 2 atom stereocenters. The van der Waals surface area contributed by atoms with Crippen LogP contribution >= 0.6 is 0 Å². The van der Waals surface area contributed by atoms with Crippen molar-refractivity contribution in [2.75, 3.05) is 13.1 Å². The van der Waals surface area contributed by atoms with E-state index < -0.39 is 0 Å². The number of fused-ring (bicyclic) bond motifs is 3. The highest BCUT2D eigenvalue weighted by Crippen LogP contribution is 2.30. The molecule has 7 nitrogen and oxygen atoms in total. The molecule has 2 aromatic heterocycles. The van der Waals surface area contributed by atoms with Crippen LogP contribution in [0.1, 0.15) is 43.6 Å². The van der Waals surface area contributed by atoms with Crippen LogP contribution in [0.5, 0.6) is 0 Å². The maximum atomic E-state index is 5.96. The summed E-state index contributed by atoms with van der Waals surface area (Å²) in [6.07, 6.45) is 7.24. The fourth-order valence-electron chi connectivity index (χ4n) is 3.39. The Balaban J connectivity index is 1.47. The highest BCUT2D eigenvalue weighted by molar-refractivity contribution is 5.06. The minimum absolute atomic E-state index is 0.267. The smallest absolute Gasteiger partial charge is 0.0930 e. The van der Waals surface area contributed by atoms with Crippen molar-refractivity contribution in [3.8, 4) is 0 Å². The summed E-state index contributed by atoms with van der Waals surface area (Å²) in [5, 5.41) is 12.7. The van der Waals surface area contributed by atoms with E-state index in [2.05, 4.69) is 45.0 Å². The van der Waals surface area contributed by atoms with Crippen LogP contribution in [0.25, 0.3) is 0 Å². The topological polar surface area (TPSA) is 61.0 Å². The van der Waals surface area contributed by atoms with Gasteiger partial charge in [0.2, 0.25) is 0 Å². The van der Waals surface area contributed by atoms with Crippen LogP contribution in [-0.2, 0) is 17.9 Å². The first-order chi connectivity index (χ1) is 10.7. The molecule has 4 heterocycles. The van der Waals surface area contributed by atoms with Gasteiger partial charge in [-0.3, -0.25) is 9.58 Å². The highest BCUT2D eigenvalue weighted by atomic mass is 16.5. The van der Waals surface area contributed by atoms with E-state index in [1.807, 2.05) is 17.1 Å². The first-order valence-corrected chi connectivity index (χ1v) is 7.97. The van der Waals surface area contributed by atoms with Gasteiger partial charge >= 0.3 is 0 Å². The van der Waals surface area contributed by atoms with E-state index >= 15 is 0 Å². The van der Waals surface area contributed by atoms with E-state index in [9.17, 15) is 0 Å². The summed E-state index contributed by atoms with van der Waals surface area (Å²) >= 11 is 0. The zero-order chi connectivity index (χ0) is 15.1. The SMILES string of the molecule is CC(C)n1cc(CN2CC[C@@H]3OCc4cnnn4[C@@H]3C2)cn1. The Morgan fingerprint density at radius 2 is 2.27 bits per heavy atom. The van der Waals surface area contributed by atoms with Gasteiger partial charge in [0.1, 0.15) is 0 Å². The molecule has 0 N–H and O–H groups in total. The van der Waals surface area contributed by atoms with Crippen LogP contribution < -0.4 is 0 Å². The minimum Gasteiger partial charge on any atom is -0.370 e. The van der Waals surface area contributed by atoms with Crippen molar-refractivity contribution in [3.63, 3.8) is 0 Å². The van der Waals surface area contributed by atoms with Gasteiger partial charge in [-0.15, -0.1) is 5.10 Å². The van der Waals surface area contributed by atoms with Gasteiger partial charge in [0.15, 0.2) is 0 Å². The summed E-state index contributed by atoms with van der Waals surface area (Å²) < 4.78 is 10.0. The van der Waals surface area contributed by atoms with Crippen molar-refractivity contribution in [2.45, 2.75) is 51.6 Å². The first kappa shape index (κ1) is 13.9. The van der Waals surface area contributed by atoms with Gasteiger partial charge in [0.25, 0.3) is 0 Å². The summed E-state index contributed by atoms with van der Waals surface area (Å²) in [5.41, 5.74) is 2.35. The number of nitrogens with zero attached hydrogens (tertiary/aromatic N) is 6. The van der Waals surface area contributed by atoms with Gasteiger partial charge in [-0.25, -0.2) is 4.68 Å². The molecule has 1 fully saturated rings. The fourth-order valence-corrected chi connectivity index (χ4v) is 3.39. The second-order valence-corrected chi connectivity index (χ2v) is 6.53. The van der Waals surface area contributed by atoms with Gasteiger partial charge in [0, 0.05) is 37.4 Å². The quantitative estimate of drug-likeness (QED) is 0.858. The van der Waals surface area contributed by atoms with Gasteiger partial charge in [0.05, 0.1) is 36.8 Å². The first-order valence-electron chi connectivity index (χ1n) is 7.97. The molecular weight excluding hydrogens is 280 g/mol. The number of hydrogen-bond acceptors (Lipinski definition) is 5. The summed E-state index contributed by atoms with van der Waals surface area (Å²) in [5.74, 6) is 0. The zero-order valence-electron chi connectivity index (χ0n) is 13.1. The van der Waals surface area contributed by atoms with Crippen LogP contribution in [0, 0.1) is 0 Å². The molecular formula is C15H22N6O. The lowest BCUT2D eigenvalue weighted by Gasteiger charge is -2.40. The van der Waals surface area contributed by atoms with E-state index in [4.69, 9.17) is 4.74 Å². The second-order valence-electron chi connectivity index (χ2n) is 6.53. The molecule has 1 saturated heterocycles. The Morgan fingerprint density at radius 3 is 3.09 bits per heavy atom. The summed E-state index contributed by atoms with van der Waals surface area (Å²) in [7, 11) is 0. The molecule has 2 aliphatic heterocycles. The van der Waals surface area contributed by atoms with Gasteiger partial charge in [-0.05, 0) is 20.3 Å². The molecule has 0 unspecified atom stereocenters. The molecule has 0 radical (unpaired) electrons. The van der Waals surface area contributed by atoms with Crippen molar-refractivity contribution in [2.24, 2.45) is 0 Å². The van der Waals surface area contributed by atoms with Gasteiger partial charge in [-0.2, -0.15) is 5.10 Å². The standard InChI is InChI=1S/C15H22N6O/c1-11(2)20-8-12(5-17-20)7-19-4-3-15-14(9-19)21-13(10-22-15)6-16-18-21/h5-6,8,11,14-15H,3-4,7,9-10H2,1-2H3/t14-,15+/m1/s1. The van der Waals surface area contributed by atoms with Crippen molar-refractivity contribution < 1.29 is 4.74 Å². The van der Waals surface area contributed by atoms with Crippen LogP contribution in [0.15, 0.2) is 18.6 Å². The van der Waals surface area contributed by atoms with Crippen LogP contribution in [-0.4, -0.2) is 48.9 Å². The maximum Gasteiger partial charge on any atom is 0.0930 e. The fraction of sp³-hybridized carbons (Fsp3) is 0.667. The van der Waals surface area contributed by atoms with E-state index in [1.54, 1.807) is 0 Å². The predicted molar refractivity (Wildman–Crippen MR) is 80.1 cm³/mol.